The molecule has 0 radical (unpaired) electrons. The minimum absolute atomic E-state index is 0.0508. The predicted octanol–water partition coefficient (Wildman–Crippen LogP) is 2.02. The normalized spacial score (nSPS) is 20.6. The summed E-state index contributed by atoms with van der Waals surface area (Å²) in [5.74, 6) is -0.868. The van der Waals surface area contributed by atoms with E-state index in [-0.39, 0.29) is 31.2 Å². The van der Waals surface area contributed by atoms with Gasteiger partial charge in [-0.25, -0.2) is 0 Å². The van der Waals surface area contributed by atoms with Gasteiger partial charge >= 0.3 is 6.18 Å². The molecule has 10 heteroatoms. The van der Waals surface area contributed by atoms with E-state index in [9.17, 15) is 33.0 Å². The molecule has 2 aliphatic rings. The van der Waals surface area contributed by atoms with Crippen LogP contribution < -0.4 is 10.6 Å². The SMILES string of the molecule is O=C(NC[C@@H](O)[C@@H]1Cc2ccccc2CN1)c1ccc(C(=O)N2CCC(O)(C(F)(F)F)CC2)cc1. The standard InChI is InChI=1S/C25H28F3N3O4/c26-25(27,28)24(35)9-11-31(12-10-24)23(34)17-7-5-16(6-8-17)22(33)30-15-21(32)20-13-18-3-1-2-4-19(18)14-29-20/h1-8,20-21,29,32,35H,9-15H2,(H,30,33)/t20-,21+/m0/s1. The van der Waals surface area contributed by atoms with Crippen LogP contribution in [0.2, 0.25) is 0 Å². The number of piperidine rings is 1. The van der Waals surface area contributed by atoms with Gasteiger partial charge in [-0.05, 0) is 41.8 Å². The van der Waals surface area contributed by atoms with E-state index < -0.39 is 42.5 Å². The quantitative estimate of drug-likeness (QED) is 0.513. The van der Waals surface area contributed by atoms with Gasteiger partial charge in [0.05, 0.1) is 6.10 Å². The van der Waals surface area contributed by atoms with E-state index in [4.69, 9.17) is 0 Å². The van der Waals surface area contributed by atoms with E-state index in [1.54, 1.807) is 0 Å². The molecule has 2 heterocycles. The summed E-state index contributed by atoms with van der Waals surface area (Å²) in [6.45, 7) is 0.270. The molecule has 1 fully saturated rings. The van der Waals surface area contributed by atoms with Crippen LogP contribution in [-0.4, -0.2) is 70.5 Å². The molecule has 0 unspecified atom stereocenters. The zero-order valence-electron chi connectivity index (χ0n) is 19.0. The number of likely N-dealkylation sites (tertiary alicyclic amines) is 1. The number of fused-ring (bicyclic) bond motifs is 1. The van der Waals surface area contributed by atoms with Crippen molar-refractivity contribution in [3.8, 4) is 0 Å². The first-order valence-electron chi connectivity index (χ1n) is 11.5. The maximum atomic E-state index is 13.0. The topological polar surface area (TPSA) is 102 Å². The van der Waals surface area contributed by atoms with Gasteiger partial charge in [-0.1, -0.05) is 24.3 Å². The summed E-state index contributed by atoms with van der Waals surface area (Å²) in [5, 5.41) is 26.3. The molecule has 2 aliphatic heterocycles. The molecule has 2 amide bonds. The number of rotatable bonds is 5. The lowest BCUT2D eigenvalue weighted by molar-refractivity contribution is -0.271. The number of benzene rings is 2. The highest BCUT2D eigenvalue weighted by Crippen LogP contribution is 2.38. The Kier molecular flexibility index (Phi) is 7.16. The van der Waals surface area contributed by atoms with Crippen LogP contribution in [0.3, 0.4) is 0 Å². The number of alkyl halides is 3. The fourth-order valence-corrected chi connectivity index (χ4v) is 4.50. The Bertz CT molecular complexity index is 1070. The van der Waals surface area contributed by atoms with Crippen molar-refractivity contribution in [1.82, 2.24) is 15.5 Å². The summed E-state index contributed by atoms with van der Waals surface area (Å²) in [6.07, 6.45) is -6.02. The number of carbonyl (C=O) groups is 2. The van der Waals surface area contributed by atoms with Crippen LogP contribution in [0, 0.1) is 0 Å². The number of nitrogens with one attached hydrogen (secondary N) is 2. The average molecular weight is 492 g/mol. The zero-order valence-corrected chi connectivity index (χ0v) is 19.0. The Morgan fingerprint density at radius 2 is 1.66 bits per heavy atom. The van der Waals surface area contributed by atoms with E-state index in [1.165, 1.54) is 40.3 Å². The Morgan fingerprint density at radius 3 is 2.29 bits per heavy atom. The summed E-state index contributed by atoms with van der Waals surface area (Å²) in [4.78, 5) is 26.4. The van der Waals surface area contributed by atoms with Crippen molar-refractivity contribution in [2.75, 3.05) is 19.6 Å². The Morgan fingerprint density at radius 1 is 1.06 bits per heavy atom. The number of carbonyl (C=O) groups excluding carboxylic acids is 2. The molecule has 0 bridgehead atoms. The van der Waals surface area contributed by atoms with E-state index in [2.05, 4.69) is 10.6 Å². The maximum absolute atomic E-state index is 13.0. The third-order valence-corrected chi connectivity index (χ3v) is 6.85. The summed E-state index contributed by atoms with van der Waals surface area (Å²) >= 11 is 0. The van der Waals surface area contributed by atoms with Crippen molar-refractivity contribution >= 4 is 11.8 Å². The second kappa shape index (κ2) is 9.96. The number of halogens is 3. The van der Waals surface area contributed by atoms with Gasteiger partial charge in [0.15, 0.2) is 5.60 Å². The first-order valence-corrected chi connectivity index (χ1v) is 11.5. The molecule has 188 valence electrons. The predicted molar refractivity (Wildman–Crippen MR) is 122 cm³/mol. The minimum atomic E-state index is -4.73. The monoisotopic (exact) mass is 491 g/mol. The van der Waals surface area contributed by atoms with Crippen LogP contribution in [0.15, 0.2) is 48.5 Å². The third-order valence-electron chi connectivity index (χ3n) is 6.85. The fraction of sp³-hybridized carbons (Fsp3) is 0.440. The molecule has 0 aliphatic carbocycles. The molecule has 2 aromatic carbocycles. The van der Waals surface area contributed by atoms with E-state index >= 15 is 0 Å². The van der Waals surface area contributed by atoms with Gasteiger partial charge < -0.3 is 25.7 Å². The lowest BCUT2D eigenvalue weighted by Crippen LogP contribution is -2.54. The first kappa shape index (κ1) is 25.2. The van der Waals surface area contributed by atoms with Crippen molar-refractivity contribution < 1.29 is 33.0 Å². The molecule has 0 aromatic heterocycles. The van der Waals surface area contributed by atoms with E-state index in [1.807, 2.05) is 24.3 Å². The average Bonchev–Trinajstić information content (AvgIpc) is 2.86. The molecule has 0 spiro atoms. The highest BCUT2D eigenvalue weighted by atomic mass is 19.4. The summed E-state index contributed by atoms with van der Waals surface area (Å²) < 4.78 is 38.9. The molecule has 7 nitrogen and oxygen atoms in total. The molecular weight excluding hydrogens is 463 g/mol. The van der Waals surface area contributed by atoms with Crippen LogP contribution in [0.5, 0.6) is 0 Å². The first-order chi connectivity index (χ1) is 16.6. The van der Waals surface area contributed by atoms with Gasteiger partial charge in [0.1, 0.15) is 0 Å². The lowest BCUT2D eigenvalue weighted by atomic mass is 9.90. The summed E-state index contributed by atoms with van der Waals surface area (Å²) in [5.41, 5.74) is 0.117. The van der Waals surface area contributed by atoms with Crippen LogP contribution in [0.25, 0.3) is 0 Å². The maximum Gasteiger partial charge on any atom is 0.417 e. The van der Waals surface area contributed by atoms with Gasteiger partial charge in [-0.15, -0.1) is 0 Å². The van der Waals surface area contributed by atoms with Gasteiger partial charge in [0, 0.05) is 56.2 Å². The molecule has 4 N–H and O–H groups in total. The van der Waals surface area contributed by atoms with Crippen molar-refractivity contribution in [3.63, 3.8) is 0 Å². The number of aliphatic hydroxyl groups excluding tert-OH is 1. The van der Waals surface area contributed by atoms with Crippen LogP contribution in [0.4, 0.5) is 13.2 Å². The van der Waals surface area contributed by atoms with Crippen LogP contribution in [0.1, 0.15) is 44.7 Å². The molecule has 4 rings (SSSR count). The second-order valence-corrected chi connectivity index (χ2v) is 9.14. The Labute approximate surface area is 200 Å². The van der Waals surface area contributed by atoms with Gasteiger partial charge in [0.2, 0.25) is 0 Å². The van der Waals surface area contributed by atoms with Gasteiger partial charge in [-0.3, -0.25) is 9.59 Å². The van der Waals surface area contributed by atoms with Crippen molar-refractivity contribution in [1.29, 1.82) is 0 Å². The second-order valence-electron chi connectivity index (χ2n) is 9.14. The Balaban J connectivity index is 1.28. The molecular formula is C25H28F3N3O4. The number of hydrogen-bond donors (Lipinski definition) is 4. The van der Waals surface area contributed by atoms with Crippen molar-refractivity contribution in [2.45, 2.75) is 49.7 Å². The van der Waals surface area contributed by atoms with Gasteiger partial charge in [0.25, 0.3) is 11.8 Å². The highest BCUT2D eigenvalue weighted by molar-refractivity contribution is 5.97. The van der Waals surface area contributed by atoms with Crippen LogP contribution >= 0.6 is 0 Å². The van der Waals surface area contributed by atoms with Gasteiger partial charge in [-0.2, -0.15) is 13.2 Å². The van der Waals surface area contributed by atoms with Crippen LogP contribution in [-0.2, 0) is 13.0 Å². The molecule has 35 heavy (non-hydrogen) atoms. The molecule has 2 atom stereocenters. The smallest absolute Gasteiger partial charge is 0.390 e. The van der Waals surface area contributed by atoms with Crippen molar-refractivity contribution in [2.24, 2.45) is 0 Å². The summed E-state index contributed by atoms with van der Waals surface area (Å²) in [6, 6.07) is 13.6. The number of amides is 2. The molecule has 2 aromatic rings. The minimum Gasteiger partial charge on any atom is -0.390 e. The third kappa shape index (κ3) is 5.50. The number of aliphatic hydroxyl groups is 2. The fourth-order valence-electron chi connectivity index (χ4n) is 4.50. The molecule has 0 saturated carbocycles. The van der Waals surface area contributed by atoms with Crippen molar-refractivity contribution in [3.05, 3.63) is 70.8 Å². The van der Waals surface area contributed by atoms with E-state index in [0.29, 0.717) is 18.5 Å². The highest BCUT2D eigenvalue weighted by Gasteiger charge is 2.54. The number of nitrogens with zero attached hydrogens (tertiary/aromatic N) is 1. The number of hydrogen-bond acceptors (Lipinski definition) is 5. The largest absolute Gasteiger partial charge is 0.417 e. The van der Waals surface area contributed by atoms with E-state index in [0.717, 1.165) is 0 Å². The molecule has 1 saturated heterocycles. The summed E-state index contributed by atoms with van der Waals surface area (Å²) in [7, 11) is 0. The lowest BCUT2D eigenvalue weighted by Gasteiger charge is -2.39. The Hall–Kier alpha value is -2.95. The zero-order chi connectivity index (χ0) is 25.2.